The largest absolute Gasteiger partial charge is 0.408 e. The fraction of sp³-hybridized carbons (Fsp3) is 0.381. The van der Waals surface area contributed by atoms with Gasteiger partial charge in [-0.3, -0.25) is 14.5 Å². The number of fused-ring (bicyclic) bond motifs is 1. The molecule has 3 aromatic rings. The molecule has 0 saturated carbocycles. The van der Waals surface area contributed by atoms with Crippen molar-refractivity contribution in [2.45, 2.75) is 26.1 Å². The van der Waals surface area contributed by atoms with E-state index in [1.165, 1.54) is 12.3 Å². The molecule has 7 nitrogen and oxygen atoms in total. The quantitative estimate of drug-likeness (QED) is 0.676. The van der Waals surface area contributed by atoms with Crippen molar-refractivity contribution in [3.05, 3.63) is 47.8 Å². The van der Waals surface area contributed by atoms with Gasteiger partial charge in [0.2, 0.25) is 0 Å². The van der Waals surface area contributed by atoms with Gasteiger partial charge in [0.15, 0.2) is 5.82 Å². The maximum Gasteiger partial charge on any atom is 0.408 e. The number of amides is 1. The third kappa shape index (κ3) is 4.79. The molecular formula is C21H22F3N5O2. The number of carbonyl (C=O) groups excluding carboxylic acids is 1. The average Bonchev–Trinajstić information content (AvgIpc) is 2.90. The minimum atomic E-state index is -4.46. The molecule has 0 unspecified atom stereocenters. The number of aromatic nitrogens is 3. The predicted molar refractivity (Wildman–Crippen MR) is 109 cm³/mol. The summed E-state index contributed by atoms with van der Waals surface area (Å²) in [6, 6.07) is 8.78. The summed E-state index contributed by atoms with van der Waals surface area (Å²) in [6.07, 6.45) is -2.36. The number of hydrogen-bond acceptors (Lipinski definition) is 5. The smallest absolute Gasteiger partial charge is 0.380 e. The number of ether oxygens (including phenoxy) is 1. The zero-order chi connectivity index (χ0) is 22.0. The van der Waals surface area contributed by atoms with Crippen LogP contribution in [0.3, 0.4) is 0 Å². The Morgan fingerprint density at radius 3 is 2.81 bits per heavy atom. The van der Waals surface area contributed by atoms with Crippen molar-refractivity contribution in [3.8, 4) is 0 Å². The molecule has 1 N–H and O–H groups in total. The SMILES string of the molecule is Cc1ccccc1Nc1nn(CC(F)(F)F)c2cc(C(=O)N3CCCOCC3)ncc12. The maximum absolute atomic E-state index is 13.2. The summed E-state index contributed by atoms with van der Waals surface area (Å²) in [5.41, 5.74) is 1.92. The number of hydrogen-bond donors (Lipinski definition) is 1. The van der Waals surface area contributed by atoms with Gasteiger partial charge < -0.3 is 15.0 Å². The highest BCUT2D eigenvalue weighted by Crippen LogP contribution is 2.29. The van der Waals surface area contributed by atoms with E-state index in [1.807, 2.05) is 31.2 Å². The Hall–Kier alpha value is -3.14. The molecule has 164 valence electrons. The van der Waals surface area contributed by atoms with E-state index in [0.717, 1.165) is 15.9 Å². The number of nitrogens with zero attached hydrogens (tertiary/aromatic N) is 4. The molecule has 10 heteroatoms. The highest BCUT2D eigenvalue weighted by atomic mass is 19.4. The lowest BCUT2D eigenvalue weighted by Crippen LogP contribution is -2.33. The Morgan fingerprint density at radius 2 is 2.03 bits per heavy atom. The first-order valence-corrected chi connectivity index (χ1v) is 9.95. The number of anilines is 2. The maximum atomic E-state index is 13.2. The lowest BCUT2D eigenvalue weighted by molar-refractivity contribution is -0.141. The fourth-order valence-electron chi connectivity index (χ4n) is 3.52. The van der Waals surface area contributed by atoms with Gasteiger partial charge >= 0.3 is 6.18 Å². The first-order valence-electron chi connectivity index (χ1n) is 9.95. The van der Waals surface area contributed by atoms with E-state index in [9.17, 15) is 18.0 Å². The Kier molecular flexibility index (Phi) is 5.81. The van der Waals surface area contributed by atoms with E-state index < -0.39 is 12.7 Å². The number of benzene rings is 1. The van der Waals surface area contributed by atoms with E-state index >= 15 is 0 Å². The number of rotatable bonds is 4. The van der Waals surface area contributed by atoms with Crippen LogP contribution in [0.4, 0.5) is 24.7 Å². The summed E-state index contributed by atoms with van der Waals surface area (Å²) in [5, 5.41) is 7.64. The predicted octanol–water partition coefficient (Wildman–Crippen LogP) is 3.91. The minimum absolute atomic E-state index is 0.0835. The molecular weight excluding hydrogens is 411 g/mol. The van der Waals surface area contributed by atoms with Crippen LogP contribution in [-0.4, -0.2) is 58.1 Å². The average molecular weight is 433 g/mol. The summed E-state index contributed by atoms with van der Waals surface area (Å²) in [6.45, 7) is 2.54. The van der Waals surface area contributed by atoms with Crippen molar-refractivity contribution in [2.75, 3.05) is 31.6 Å². The van der Waals surface area contributed by atoms with Crippen LogP contribution in [0.2, 0.25) is 0 Å². The molecule has 4 rings (SSSR count). The zero-order valence-electron chi connectivity index (χ0n) is 16.9. The molecule has 0 aliphatic carbocycles. The third-order valence-corrected chi connectivity index (χ3v) is 5.09. The third-order valence-electron chi connectivity index (χ3n) is 5.09. The molecule has 1 fully saturated rings. The van der Waals surface area contributed by atoms with Gasteiger partial charge in [0, 0.05) is 31.6 Å². The molecule has 0 radical (unpaired) electrons. The van der Waals surface area contributed by atoms with Crippen molar-refractivity contribution in [2.24, 2.45) is 0 Å². The van der Waals surface area contributed by atoms with Crippen molar-refractivity contribution in [1.29, 1.82) is 0 Å². The van der Waals surface area contributed by atoms with Gasteiger partial charge in [-0.05, 0) is 31.0 Å². The first-order chi connectivity index (χ1) is 14.8. The molecule has 1 amide bonds. The number of nitrogens with one attached hydrogen (secondary N) is 1. The van der Waals surface area contributed by atoms with E-state index in [1.54, 1.807) is 4.90 Å². The second-order valence-corrected chi connectivity index (χ2v) is 7.41. The number of para-hydroxylation sites is 1. The number of carbonyl (C=O) groups is 1. The van der Waals surface area contributed by atoms with Crippen LogP contribution in [0.25, 0.3) is 10.9 Å². The standard InChI is InChI=1S/C21H22F3N5O2/c1-14-5-2-3-6-16(14)26-19-15-12-25-17(20(30)28-7-4-9-31-10-8-28)11-18(15)29(27-19)13-21(22,23)24/h2-3,5-6,11-12H,4,7-10,13H2,1H3,(H,26,27). The second kappa shape index (κ2) is 8.54. The van der Waals surface area contributed by atoms with E-state index in [2.05, 4.69) is 15.4 Å². The molecule has 1 aliphatic heterocycles. The van der Waals surface area contributed by atoms with Crippen molar-refractivity contribution in [1.82, 2.24) is 19.7 Å². The second-order valence-electron chi connectivity index (χ2n) is 7.41. The van der Waals surface area contributed by atoms with E-state index in [-0.39, 0.29) is 22.9 Å². The van der Waals surface area contributed by atoms with E-state index in [0.29, 0.717) is 38.1 Å². The first kappa shape index (κ1) is 21.1. The van der Waals surface area contributed by atoms with Gasteiger partial charge in [0.25, 0.3) is 5.91 Å². The minimum Gasteiger partial charge on any atom is -0.380 e. The molecule has 2 aromatic heterocycles. The molecule has 0 atom stereocenters. The number of halogens is 3. The summed E-state index contributed by atoms with van der Waals surface area (Å²) in [5.74, 6) is -0.0798. The molecule has 0 bridgehead atoms. The van der Waals surface area contributed by atoms with Gasteiger partial charge in [0.1, 0.15) is 12.2 Å². The van der Waals surface area contributed by atoms with Crippen LogP contribution in [0.1, 0.15) is 22.5 Å². The lowest BCUT2D eigenvalue weighted by atomic mass is 10.2. The topological polar surface area (TPSA) is 72.3 Å². The Balaban J connectivity index is 1.73. The van der Waals surface area contributed by atoms with E-state index in [4.69, 9.17) is 4.74 Å². The summed E-state index contributed by atoms with van der Waals surface area (Å²) in [4.78, 5) is 18.7. The van der Waals surface area contributed by atoms with Crippen LogP contribution in [0, 0.1) is 6.92 Å². The van der Waals surface area contributed by atoms with Crippen LogP contribution in [0.5, 0.6) is 0 Å². The van der Waals surface area contributed by atoms with Crippen molar-refractivity contribution < 1.29 is 22.7 Å². The Morgan fingerprint density at radius 1 is 1.23 bits per heavy atom. The summed E-state index contributed by atoms with van der Waals surface area (Å²) < 4.78 is 45.8. The Bertz CT molecular complexity index is 1090. The molecule has 1 aliphatic rings. The fourth-order valence-corrected chi connectivity index (χ4v) is 3.52. The Labute approximate surface area is 176 Å². The monoisotopic (exact) mass is 433 g/mol. The van der Waals surface area contributed by atoms with Gasteiger partial charge in [-0.2, -0.15) is 18.3 Å². The molecule has 0 spiro atoms. The molecule has 31 heavy (non-hydrogen) atoms. The van der Waals surface area contributed by atoms with Gasteiger partial charge in [0.05, 0.1) is 17.5 Å². The number of aryl methyl sites for hydroxylation is 1. The van der Waals surface area contributed by atoms with Crippen molar-refractivity contribution >= 4 is 28.3 Å². The highest BCUT2D eigenvalue weighted by Gasteiger charge is 2.30. The summed E-state index contributed by atoms with van der Waals surface area (Å²) in [7, 11) is 0. The normalized spacial score (nSPS) is 15.2. The van der Waals surface area contributed by atoms with Crippen LogP contribution in [0.15, 0.2) is 36.5 Å². The van der Waals surface area contributed by atoms with Gasteiger partial charge in [-0.1, -0.05) is 18.2 Å². The van der Waals surface area contributed by atoms with Crippen LogP contribution < -0.4 is 5.32 Å². The molecule has 3 heterocycles. The molecule has 1 saturated heterocycles. The van der Waals surface area contributed by atoms with Crippen LogP contribution in [-0.2, 0) is 11.3 Å². The van der Waals surface area contributed by atoms with Crippen molar-refractivity contribution in [3.63, 3.8) is 0 Å². The van der Waals surface area contributed by atoms with Gasteiger partial charge in [-0.25, -0.2) is 0 Å². The van der Waals surface area contributed by atoms with Gasteiger partial charge in [-0.15, -0.1) is 0 Å². The lowest BCUT2D eigenvalue weighted by Gasteiger charge is -2.19. The zero-order valence-corrected chi connectivity index (χ0v) is 16.9. The summed E-state index contributed by atoms with van der Waals surface area (Å²) >= 11 is 0. The number of alkyl halides is 3. The number of pyridine rings is 1. The van der Waals surface area contributed by atoms with Crippen LogP contribution >= 0.6 is 0 Å². The highest BCUT2D eigenvalue weighted by molar-refractivity contribution is 5.98. The molecule has 1 aromatic carbocycles.